The largest absolute Gasteiger partial charge is 0.493 e. The van der Waals surface area contributed by atoms with Crippen molar-refractivity contribution in [2.24, 2.45) is 0 Å². The molecule has 8 nitrogen and oxygen atoms in total. The molecule has 2 amide bonds. The number of nitrogens with zero attached hydrogens (tertiary/aromatic N) is 2. The van der Waals surface area contributed by atoms with Gasteiger partial charge in [0.15, 0.2) is 23.0 Å². The van der Waals surface area contributed by atoms with E-state index in [-0.39, 0.29) is 24.8 Å². The lowest BCUT2D eigenvalue weighted by atomic mass is 10.1. The highest BCUT2D eigenvalue weighted by Crippen LogP contribution is 2.31. The lowest BCUT2D eigenvalue weighted by molar-refractivity contribution is -0.146. The maximum absolute atomic E-state index is 12.9. The molecule has 0 bridgehead atoms. The number of ether oxygens (including phenoxy) is 4. The zero-order chi connectivity index (χ0) is 21.8. The van der Waals surface area contributed by atoms with Crippen molar-refractivity contribution in [2.75, 3.05) is 47.0 Å². The van der Waals surface area contributed by atoms with Crippen LogP contribution in [0.5, 0.6) is 23.0 Å². The maximum Gasteiger partial charge on any atom is 0.267 e. The second-order valence-corrected chi connectivity index (χ2v) is 7.44. The van der Waals surface area contributed by atoms with Crippen LogP contribution in [0.3, 0.4) is 0 Å². The van der Waals surface area contributed by atoms with Crippen molar-refractivity contribution < 1.29 is 28.5 Å². The summed E-state index contributed by atoms with van der Waals surface area (Å²) in [4.78, 5) is 29.1. The molecule has 0 saturated carbocycles. The minimum atomic E-state index is -0.663. The summed E-state index contributed by atoms with van der Waals surface area (Å²) >= 11 is 0. The summed E-state index contributed by atoms with van der Waals surface area (Å²) < 4.78 is 22.0. The van der Waals surface area contributed by atoms with E-state index in [1.165, 1.54) is 0 Å². The first-order valence-corrected chi connectivity index (χ1v) is 10.2. The highest BCUT2D eigenvalue weighted by molar-refractivity contribution is 5.83. The predicted octanol–water partition coefficient (Wildman–Crippen LogP) is 1.76. The summed E-state index contributed by atoms with van der Waals surface area (Å²) in [5.74, 6) is 2.36. The molecule has 2 aliphatic heterocycles. The van der Waals surface area contributed by atoms with Crippen LogP contribution in [0.2, 0.25) is 0 Å². The first-order chi connectivity index (χ1) is 15.1. The third-order valence-corrected chi connectivity index (χ3v) is 5.53. The number of hydrogen-bond acceptors (Lipinski definition) is 6. The number of amides is 2. The standard InChI is InChI=1S/C23H26N2O6/c1-28-17-8-7-16(13-20(17)29-2)14-22(26)24-9-11-25(12-10-24)23(27)21-15-30-18-5-3-4-6-19(18)31-21/h3-8,13,21H,9-12,14-15H2,1-2H3/t21-/m0/s1. The van der Waals surface area contributed by atoms with E-state index in [4.69, 9.17) is 18.9 Å². The molecule has 0 aliphatic carbocycles. The second kappa shape index (κ2) is 9.16. The monoisotopic (exact) mass is 426 g/mol. The molecule has 0 aromatic heterocycles. The van der Waals surface area contributed by atoms with Crippen molar-refractivity contribution in [3.05, 3.63) is 48.0 Å². The molecule has 1 fully saturated rings. The van der Waals surface area contributed by atoms with Gasteiger partial charge in [0.05, 0.1) is 20.6 Å². The molecule has 31 heavy (non-hydrogen) atoms. The fraction of sp³-hybridized carbons (Fsp3) is 0.391. The smallest absolute Gasteiger partial charge is 0.267 e. The van der Waals surface area contributed by atoms with Crippen molar-refractivity contribution in [3.8, 4) is 23.0 Å². The van der Waals surface area contributed by atoms with Gasteiger partial charge in [0.2, 0.25) is 12.0 Å². The van der Waals surface area contributed by atoms with E-state index in [2.05, 4.69) is 0 Å². The summed E-state index contributed by atoms with van der Waals surface area (Å²) in [7, 11) is 3.14. The molecule has 2 aromatic rings. The fourth-order valence-electron chi connectivity index (χ4n) is 3.80. The van der Waals surface area contributed by atoms with Crippen LogP contribution in [0.4, 0.5) is 0 Å². The van der Waals surface area contributed by atoms with Crippen LogP contribution in [0.25, 0.3) is 0 Å². The van der Waals surface area contributed by atoms with Crippen LogP contribution in [0.15, 0.2) is 42.5 Å². The van der Waals surface area contributed by atoms with Gasteiger partial charge in [0.1, 0.15) is 6.61 Å². The molecule has 8 heteroatoms. The summed E-state index contributed by atoms with van der Waals surface area (Å²) in [5.41, 5.74) is 0.854. The molecule has 1 saturated heterocycles. The third kappa shape index (κ3) is 4.52. The van der Waals surface area contributed by atoms with E-state index in [9.17, 15) is 9.59 Å². The van der Waals surface area contributed by atoms with Crippen molar-refractivity contribution in [1.29, 1.82) is 0 Å². The Morgan fingerprint density at radius 1 is 0.935 bits per heavy atom. The first-order valence-electron chi connectivity index (χ1n) is 10.2. The molecule has 4 rings (SSSR count). The van der Waals surface area contributed by atoms with Gasteiger partial charge in [-0.1, -0.05) is 18.2 Å². The second-order valence-electron chi connectivity index (χ2n) is 7.44. The van der Waals surface area contributed by atoms with E-state index in [1.54, 1.807) is 36.2 Å². The van der Waals surface area contributed by atoms with E-state index in [0.29, 0.717) is 49.2 Å². The Morgan fingerprint density at radius 2 is 1.61 bits per heavy atom. The molecule has 2 aliphatic rings. The van der Waals surface area contributed by atoms with Gasteiger partial charge in [-0.3, -0.25) is 9.59 Å². The number of rotatable bonds is 5. The number of piperazine rings is 1. The Balaban J connectivity index is 1.30. The average Bonchev–Trinajstić information content (AvgIpc) is 2.83. The average molecular weight is 426 g/mol. The Bertz CT molecular complexity index is 955. The van der Waals surface area contributed by atoms with Crippen LogP contribution >= 0.6 is 0 Å². The van der Waals surface area contributed by atoms with Crippen molar-refractivity contribution in [2.45, 2.75) is 12.5 Å². The first kappa shape index (κ1) is 20.8. The number of methoxy groups -OCH3 is 2. The molecule has 2 heterocycles. The number of carbonyl (C=O) groups is 2. The Kier molecular flexibility index (Phi) is 6.16. The van der Waals surface area contributed by atoms with Gasteiger partial charge in [-0.15, -0.1) is 0 Å². The minimum absolute atomic E-state index is 0.0190. The highest BCUT2D eigenvalue weighted by Gasteiger charge is 2.33. The lowest BCUT2D eigenvalue weighted by Gasteiger charge is -2.37. The van der Waals surface area contributed by atoms with Gasteiger partial charge in [0, 0.05) is 26.2 Å². The molecule has 0 radical (unpaired) electrons. The topological polar surface area (TPSA) is 77.5 Å². The molecule has 0 spiro atoms. The molecular weight excluding hydrogens is 400 g/mol. The predicted molar refractivity (Wildman–Crippen MR) is 113 cm³/mol. The van der Waals surface area contributed by atoms with Gasteiger partial charge >= 0.3 is 0 Å². The number of hydrogen-bond donors (Lipinski definition) is 0. The van der Waals surface area contributed by atoms with Gasteiger partial charge in [0.25, 0.3) is 5.91 Å². The number of benzene rings is 2. The van der Waals surface area contributed by atoms with Crippen LogP contribution in [-0.2, 0) is 16.0 Å². The lowest BCUT2D eigenvalue weighted by Crippen LogP contribution is -2.55. The SMILES string of the molecule is COc1ccc(CC(=O)N2CCN(C(=O)[C@@H]3COc4ccccc4O3)CC2)cc1OC. The zero-order valence-electron chi connectivity index (χ0n) is 17.7. The molecular formula is C23H26N2O6. The summed E-state index contributed by atoms with van der Waals surface area (Å²) in [6.45, 7) is 2.11. The summed E-state index contributed by atoms with van der Waals surface area (Å²) in [5, 5.41) is 0. The van der Waals surface area contributed by atoms with Gasteiger partial charge in [-0.25, -0.2) is 0 Å². The summed E-state index contributed by atoms with van der Waals surface area (Å²) in [6.07, 6.45) is -0.395. The third-order valence-electron chi connectivity index (χ3n) is 5.53. The van der Waals surface area contributed by atoms with Gasteiger partial charge < -0.3 is 28.7 Å². The molecule has 0 N–H and O–H groups in total. The van der Waals surface area contributed by atoms with E-state index < -0.39 is 6.10 Å². The quantitative estimate of drug-likeness (QED) is 0.725. The fourth-order valence-corrected chi connectivity index (χ4v) is 3.80. The highest BCUT2D eigenvalue weighted by atomic mass is 16.6. The molecule has 0 unspecified atom stereocenters. The minimum Gasteiger partial charge on any atom is -0.493 e. The van der Waals surface area contributed by atoms with Crippen molar-refractivity contribution in [1.82, 2.24) is 9.80 Å². The van der Waals surface area contributed by atoms with Crippen LogP contribution in [0.1, 0.15) is 5.56 Å². The Labute approximate surface area is 181 Å². The maximum atomic E-state index is 12.9. The van der Waals surface area contributed by atoms with Crippen LogP contribution in [-0.4, -0.2) is 74.7 Å². The molecule has 1 atom stereocenters. The van der Waals surface area contributed by atoms with E-state index in [0.717, 1.165) is 5.56 Å². The van der Waals surface area contributed by atoms with Crippen LogP contribution in [0, 0.1) is 0 Å². The number of para-hydroxylation sites is 2. The van der Waals surface area contributed by atoms with Gasteiger partial charge in [-0.05, 0) is 29.8 Å². The van der Waals surface area contributed by atoms with E-state index in [1.807, 2.05) is 30.3 Å². The normalized spacial score (nSPS) is 17.8. The number of fused-ring (bicyclic) bond motifs is 1. The molecule has 164 valence electrons. The Hall–Kier alpha value is -3.42. The van der Waals surface area contributed by atoms with Gasteiger partial charge in [-0.2, -0.15) is 0 Å². The summed E-state index contributed by atoms with van der Waals surface area (Å²) in [6, 6.07) is 12.8. The van der Waals surface area contributed by atoms with E-state index >= 15 is 0 Å². The van der Waals surface area contributed by atoms with Crippen molar-refractivity contribution in [3.63, 3.8) is 0 Å². The zero-order valence-corrected chi connectivity index (χ0v) is 17.7. The Morgan fingerprint density at radius 3 is 2.32 bits per heavy atom. The molecule has 2 aromatic carbocycles. The van der Waals surface area contributed by atoms with Crippen LogP contribution < -0.4 is 18.9 Å². The van der Waals surface area contributed by atoms with Crippen molar-refractivity contribution >= 4 is 11.8 Å². The number of carbonyl (C=O) groups excluding carboxylic acids is 2.